The zero-order valence-corrected chi connectivity index (χ0v) is 19.0. The topological polar surface area (TPSA) is 164 Å². The molecule has 0 aliphatic carbocycles. The Bertz CT molecular complexity index is 1690. The van der Waals surface area contributed by atoms with E-state index in [2.05, 4.69) is 19.7 Å². The highest BCUT2D eigenvalue weighted by molar-refractivity contribution is 7.90. The number of aromatic hydroxyl groups is 1. The number of aromatic nitrogens is 2. The molecule has 0 saturated carbocycles. The van der Waals surface area contributed by atoms with Crippen LogP contribution < -0.4 is 10.9 Å². The van der Waals surface area contributed by atoms with E-state index in [9.17, 15) is 23.1 Å². The van der Waals surface area contributed by atoms with Crippen molar-refractivity contribution < 1.29 is 27.5 Å². The summed E-state index contributed by atoms with van der Waals surface area (Å²) >= 11 is 0. The largest absolute Gasteiger partial charge is 0.506 e. The maximum absolute atomic E-state index is 12.8. The first kappa shape index (κ1) is 22.3. The number of rotatable bonds is 5. The van der Waals surface area contributed by atoms with Crippen molar-refractivity contribution >= 4 is 38.5 Å². The lowest BCUT2D eigenvalue weighted by Crippen LogP contribution is -2.29. The summed E-state index contributed by atoms with van der Waals surface area (Å²) in [6, 6.07) is 10.8. The van der Waals surface area contributed by atoms with Gasteiger partial charge in [-0.15, -0.1) is 4.40 Å². The van der Waals surface area contributed by atoms with Crippen LogP contribution in [0.15, 0.2) is 67.2 Å². The summed E-state index contributed by atoms with van der Waals surface area (Å²) in [6.45, 7) is 1.88. The highest BCUT2D eigenvalue weighted by Crippen LogP contribution is 2.33. The number of H-pyrrole nitrogens is 1. The van der Waals surface area contributed by atoms with Gasteiger partial charge >= 0.3 is 5.97 Å². The van der Waals surface area contributed by atoms with E-state index in [1.807, 2.05) is 0 Å². The number of nitrogens with zero attached hydrogens (tertiary/aromatic N) is 2. The summed E-state index contributed by atoms with van der Waals surface area (Å²) in [5.74, 6) is -0.984. The van der Waals surface area contributed by atoms with E-state index < -0.39 is 27.3 Å². The first-order valence-corrected chi connectivity index (χ1v) is 11.9. The second-order valence-electron chi connectivity index (χ2n) is 7.57. The van der Waals surface area contributed by atoms with Crippen LogP contribution in [0.4, 0.5) is 5.69 Å². The number of nitrogens with one attached hydrogen (secondary N) is 2. The van der Waals surface area contributed by atoms with Crippen LogP contribution in [-0.2, 0) is 21.2 Å². The molecular weight excluding hydrogens is 476 g/mol. The third-order valence-electron chi connectivity index (χ3n) is 5.34. The number of furan rings is 1. The number of amidine groups is 1. The number of fused-ring (bicyclic) bond motifs is 2. The van der Waals surface area contributed by atoms with Crippen LogP contribution in [0.5, 0.6) is 5.75 Å². The molecule has 35 heavy (non-hydrogen) atoms. The molecule has 1 aliphatic heterocycles. The average Bonchev–Trinajstić information content (AvgIpc) is 3.27. The molecule has 4 heterocycles. The Labute approximate surface area is 198 Å². The number of pyridine rings is 2. The van der Waals surface area contributed by atoms with Gasteiger partial charge in [-0.25, -0.2) is 9.78 Å². The fourth-order valence-electron chi connectivity index (χ4n) is 3.83. The molecule has 0 unspecified atom stereocenters. The van der Waals surface area contributed by atoms with E-state index in [0.29, 0.717) is 11.3 Å². The summed E-state index contributed by atoms with van der Waals surface area (Å²) in [5, 5.41) is 14.1. The van der Waals surface area contributed by atoms with Gasteiger partial charge in [-0.2, -0.15) is 8.42 Å². The number of ether oxygens (including phenoxy) is 1. The van der Waals surface area contributed by atoms with E-state index in [1.165, 1.54) is 24.4 Å². The second kappa shape index (κ2) is 8.40. The number of aromatic amines is 1. The highest BCUT2D eigenvalue weighted by atomic mass is 32.2. The fraction of sp³-hybridized carbons (Fsp3) is 0.130. The molecule has 0 bridgehead atoms. The molecule has 1 aliphatic rings. The molecule has 3 N–H and O–H groups in total. The molecule has 178 valence electrons. The van der Waals surface area contributed by atoms with E-state index in [4.69, 9.17) is 9.15 Å². The van der Waals surface area contributed by atoms with Crippen LogP contribution in [-0.4, -0.2) is 41.9 Å². The lowest BCUT2D eigenvalue weighted by Gasteiger charge is -2.19. The maximum atomic E-state index is 12.8. The molecule has 5 rings (SSSR count). The van der Waals surface area contributed by atoms with Crippen molar-refractivity contribution in [1.82, 2.24) is 9.97 Å². The van der Waals surface area contributed by atoms with Gasteiger partial charge in [-0.1, -0.05) is 12.1 Å². The van der Waals surface area contributed by atoms with Gasteiger partial charge in [0.2, 0.25) is 5.76 Å². The van der Waals surface area contributed by atoms with Gasteiger partial charge in [0.1, 0.15) is 27.6 Å². The minimum absolute atomic E-state index is 0.0307. The Hall–Kier alpha value is -4.45. The summed E-state index contributed by atoms with van der Waals surface area (Å²) in [7, 11) is -4.11. The van der Waals surface area contributed by atoms with Crippen molar-refractivity contribution in [3.63, 3.8) is 0 Å². The van der Waals surface area contributed by atoms with Crippen LogP contribution in [0.1, 0.15) is 34.4 Å². The average molecular weight is 494 g/mol. The molecular formula is C23H18N4O7S. The normalized spacial score (nSPS) is 14.1. The predicted molar refractivity (Wildman–Crippen MR) is 125 cm³/mol. The standard InChI is InChI=1S/C23H18N4O7S/c1-2-33-23(30)15-8-7-13(34-15)11-12-9-10-24-20-17(12)19(28)18(22(29)26-20)21-25-14-5-3-4-6-16(14)35(31,32)27-21/h3-10H,2,11H2,1H3,(H,25,27)(H2,24,26,28,29). The number of carbonyl (C=O) groups is 1. The van der Waals surface area contributed by atoms with Gasteiger partial charge in [-0.05, 0) is 42.8 Å². The van der Waals surface area contributed by atoms with E-state index in [0.717, 1.165) is 0 Å². The first-order chi connectivity index (χ1) is 16.8. The molecule has 0 atom stereocenters. The van der Waals surface area contributed by atoms with Gasteiger partial charge in [-0.3, -0.25) is 4.79 Å². The lowest BCUT2D eigenvalue weighted by atomic mass is 10.0. The molecule has 0 saturated heterocycles. The first-order valence-electron chi connectivity index (χ1n) is 10.5. The number of benzene rings is 1. The molecule has 12 heteroatoms. The molecule has 0 amide bonds. The number of carbonyl (C=O) groups excluding carboxylic acids is 1. The fourth-order valence-corrected chi connectivity index (χ4v) is 4.95. The molecule has 0 fully saturated rings. The Morgan fingerprint density at radius 3 is 2.77 bits per heavy atom. The maximum Gasteiger partial charge on any atom is 0.374 e. The molecule has 0 radical (unpaired) electrons. The number of hydrogen-bond acceptors (Lipinski definition) is 9. The van der Waals surface area contributed by atoms with Crippen LogP contribution in [0.25, 0.3) is 11.0 Å². The quantitative estimate of drug-likeness (QED) is 0.354. The van der Waals surface area contributed by atoms with E-state index in [-0.39, 0.29) is 51.8 Å². The van der Waals surface area contributed by atoms with Crippen molar-refractivity contribution in [2.45, 2.75) is 18.2 Å². The number of sulfonamides is 1. The lowest BCUT2D eigenvalue weighted by molar-refractivity contribution is 0.0488. The summed E-state index contributed by atoms with van der Waals surface area (Å²) in [5.41, 5.74) is -0.301. The predicted octanol–water partition coefficient (Wildman–Crippen LogP) is 2.55. The molecule has 0 spiro atoms. The number of para-hydroxylation sites is 1. The van der Waals surface area contributed by atoms with Gasteiger partial charge in [0.15, 0.2) is 5.84 Å². The Kier molecular flexibility index (Phi) is 5.36. The third-order valence-corrected chi connectivity index (χ3v) is 6.67. The zero-order valence-electron chi connectivity index (χ0n) is 18.2. The van der Waals surface area contributed by atoms with Crippen molar-refractivity contribution in [2.24, 2.45) is 4.40 Å². The SMILES string of the molecule is CCOC(=O)c1ccc(Cc2ccnc3[nH]c(=O)c(C4=NS(=O)(=O)c5ccccc5N4)c(O)c23)o1. The molecule has 1 aromatic carbocycles. The minimum Gasteiger partial charge on any atom is -0.506 e. The van der Waals surface area contributed by atoms with Gasteiger partial charge < -0.3 is 24.6 Å². The number of esters is 1. The highest BCUT2D eigenvalue weighted by Gasteiger charge is 2.29. The van der Waals surface area contributed by atoms with Crippen molar-refractivity contribution in [3.8, 4) is 5.75 Å². The Morgan fingerprint density at radius 2 is 1.97 bits per heavy atom. The summed E-state index contributed by atoms with van der Waals surface area (Å²) < 4.78 is 39.5. The van der Waals surface area contributed by atoms with Gasteiger partial charge in [0.25, 0.3) is 15.6 Å². The van der Waals surface area contributed by atoms with Crippen molar-refractivity contribution in [2.75, 3.05) is 11.9 Å². The van der Waals surface area contributed by atoms with Gasteiger partial charge in [0.05, 0.1) is 17.7 Å². The second-order valence-corrected chi connectivity index (χ2v) is 9.14. The van der Waals surface area contributed by atoms with E-state index >= 15 is 0 Å². The summed E-state index contributed by atoms with van der Waals surface area (Å²) in [6.07, 6.45) is 1.58. The molecule has 4 aromatic rings. The summed E-state index contributed by atoms with van der Waals surface area (Å²) in [4.78, 5) is 31.4. The Balaban J connectivity index is 1.61. The molecule has 11 nitrogen and oxygen atoms in total. The number of anilines is 1. The smallest absolute Gasteiger partial charge is 0.374 e. The van der Waals surface area contributed by atoms with Crippen LogP contribution in [0.3, 0.4) is 0 Å². The number of hydrogen-bond donors (Lipinski definition) is 3. The van der Waals surface area contributed by atoms with Crippen molar-refractivity contribution in [3.05, 3.63) is 81.7 Å². The Morgan fingerprint density at radius 1 is 1.17 bits per heavy atom. The third kappa shape index (κ3) is 3.93. The zero-order chi connectivity index (χ0) is 24.7. The monoisotopic (exact) mass is 494 g/mol. The van der Waals surface area contributed by atoms with Gasteiger partial charge in [0, 0.05) is 12.6 Å². The van der Waals surface area contributed by atoms with E-state index in [1.54, 1.807) is 31.2 Å². The molecule has 3 aromatic heterocycles. The minimum atomic E-state index is -4.11. The van der Waals surface area contributed by atoms with Crippen LogP contribution in [0.2, 0.25) is 0 Å². The van der Waals surface area contributed by atoms with Crippen LogP contribution >= 0.6 is 0 Å². The van der Waals surface area contributed by atoms with Crippen LogP contribution in [0, 0.1) is 0 Å². The van der Waals surface area contributed by atoms with Crippen molar-refractivity contribution in [1.29, 1.82) is 0 Å².